The van der Waals surface area contributed by atoms with E-state index in [1.807, 2.05) is 53.1 Å². The van der Waals surface area contributed by atoms with Crippen molar-refractivity contribution in [2.24, 2.45) is 0 Å². The monoisotopic (exact) mass is 332 g/mol. The van der Waals surface area contributed by atoms with Gasteiger partial charge in [-0.15, -0.1) is 0 Å². The number of pyridine rings is 1. The zero-order valence-electron chi connectivity index (χ0n) is 12.7. The van der Waals surface area contributed by atoms with Gasteiger partial charge in [0.25, 0.3) is 0 Å². The van der Waals surface area contributed by atoms with Gasteiger partial charge in [-0.25, -0.2) is 4.98 Å². The summed E-state index contributed by atoms with van der Waals surface area (Å²) in [5.41, 5.74) is 2.07. The van der Waals surface area contributed by atoms with E-state index in [0.717, 1.165) is 10.9 Å². The maximum atomic E-state index is 13.1. The lowest BCUT2D eigenvalue weighted by Gasteiger charge is -2.09. The molecule has 2 aromatic heterocycles. The predicted octanol–water partition coefficient (Wildman–Crippen LogP) is 4.91. The Balaban J connectivity index is 1.97. The van der Waals surface area contributed by atoms with Crippen LogP contribution in [0.3, 0.4) is 0 Å². The van der Waals surface area contributed by atoms with E-state index in [4.69, 9.17) is 11.6 Å². The quantitative estimate of drug-likeness (QED) is 0.500. The Morgan fingerprint density at radius 3 is 2.54 bits per heavy atom. The van der Waals surface area contributed by atoms with Gasteiger partial charge in [-0.05, 0) is 36.4 Å². The number of ketones is 1. The van der Waals surface area contributed by atoms with E-state index < -0.39 is 0 Å². The van der Waals surface area contributed by atoms with E-state index in [0.29, 0.717) is 22.1 Å². The van der Waals surface area contributed by atoms with Crippen LogP contribution in [0.4, 0.5) is 0 Å². The number of carbonyl (C=O) groups excluding carboxylic acids is 1. The molecule has 0 aliphatic heterocycles. The second-order valence-corrected chi connectivity index (χ2v) is 5.89. The Bertz CT molecular complexity index is 1040. The van der Waals surface area contributed by atoms with E-state index in [1.54, 1.807) is 30.5 Å². The van der Waals surface area contributed by atoms with Gasteiger partial charge in [0.15, 0.2) is 0 Å². The number of rotatable bonds is 3. The zero-order valence-corrected chi connectivity index (χ0v) is 13.4. The van der Waals surface area contributed by atoms with Crippen LogP contribution in [0.2, 0.25) is 5.02 Å². The molecule has 0 bridgehead atoms. The van der Waals surface area contributed by atoms with Gasteiger partial charge in [0, 0.05) is 22.2 Å². The Hall–Kier alpha value is -2.91. The number of para-hydroxylation sites is 1. The number of aromatic nitrogens is 2. The Morgan fingerprint density at radius 1 is 0.917 bits per heavy atom. The fourth-order valence-electron chi connectivity index (χ4n) is 2.83. The molecule has 4 rings (SSSR count). The van der Waals surface area contributed by atoms with Crippen LogP contribution in [-0.4, -0.2) is 15.3 Å². The molecule has 0 saturated carbocycles. The van der Waals surface area contributed by atoms with Gasteiger partial charge < -0.3 is 0 Å². The van der Waals surface area contributed by atoms with Crippen molar-refractivity contribution in [1.82, 2.24) is 9.55 Å². The highest BCUT2D eigenvalue weighted by Gasteiger charge is 2.19. The first-order valence-electron chi connectivity index (χ1n) is 7.56. The number of nitrogens with zero attached hydrogens (tertiary/aromatic N) is 2. The molecule has 0 N–H and O–H groups in total. The number of hydrogen-bond donors (Lipinski definition) is 0. The molecular weight excluding hydrogens is 320 g/mol. The fourth-order valence-corrected chi connectivity index (χ4v) is 3.02. The molecule has 0 unspecified atom stereocenters. The van der Waals surface area contributed by atoms with Gasteiger partial charge in [0.1, 0.15) is 5.82 Å². The van der Waals surface area contributed by atoms with E-state index in [2.05, 4.69) is 4.98 Å². The molecule has 0 spiro atoms. The smallest absolute Gasteiger partial charge is 0.209 e. The third kappa shape index (κ3) is 2.49. The fraction of sp³-hybridized carbons (Fsp3) is 0. The van der Waals surface area contributed by atoms with Gasteiger partial charge in [-0.1, -0.05) is 48.0 Å². The average Bonchev–Trinajstić information content (AvgIpc) is 3.01. The molecule has 0 amide bonds. The average molecular weight is 333 g/mol. The SMILES string of the molecule is O=C(c1cccc(Cl)c1)c1cc2ccccc2n1-c1ccccn1. The number of benzene rings is 2. The lowest BCUT2D eigenvalue weighted by Crippen LogP contribution is -2.09. The van der Waals surface area contributed by atoms with E-state index in [9.17, 15) is 4.79 Å². The summed E-state index contributed by atoms with van der Waals surface area (Å²) < 4.78 is 1.89. The summed E-state index contributed by atoms with van der Waals surface area (Å²) in [5.74, 6) is 0.628. The second-order valence-electron chi connectivity index (χ2n) is 5.45. The van der Waals surface area contributed by atoms with Gasteiger partial charge in [0.2, 0.25) is 5.78 Å². The normalized spacial score (nSPS) is 10.9. The summed E-state index contributed by atoms with van der Waals surface area (Å²) in [4.78, 5) is 17.5. The lowest BCUT2D eigenvalue weighted by molar-refractivity contribution is 0.103. The highest BCUT2D eigenvalue weighted by Crippen LogP contribution is 2.26. The van der Waals surface area contributed by atoms with E-state index in [1.165, 1.54) is 0 Å². The molecule has 24 heavy (non-hydrogen) atoms. The largest absolute Gasteiger partial charge is 0.290 e. The summed E-state index contributed by atoms with van der Waals surface area (Å²) in [5, 5.41) is 1.54. The second kappa shape index (κ2) is 5.95. The Morgan fingerprint density at radius 2 is 1.75 bits per heavy atom. The van der Waals surface area contributed by atoms with Gasteiger partial charge >= 0.3 is 0 Å². The van der Waals surface area contributed by atoms with Crippen molar-refractivity contribution in [2.45, 2.75) is 0 Å². The highest BCUT2D eigenvalue weighted by molar-refractivity contribution is 6.31. The summed E-state index contributed by atoms with van der Waals surface area (Å²) in [6, 6.07) is 22.4. The molecule has 2 aromatic carbocycles. The standard InChI is InChI=1S/C20H13ClN2O/c21-16-8-5-7-15(12-16)20(24)18-13-14-6-1-2-9-17(14)23(18)19-10-3-4-11-22-19/h1-13H. The molecule has 0 aliphatic rings. The molecule has 4 heteroatoms. The van der Waals surface area contributed by atoms with Crippen molar-refractivity contribution in [3.63, 3.8) is 0 Å². The van der Waals surface area contributed by atoms with Crippen LogP contribution in [-0.2, 0) is 0 Å². The summed E-state index contributed by atoms with van der Waals surface area (Å²) in [6.45, 7) is 0. The van der Waals surface area contributed by atoms with Crippen LogP contribution in [0, 0.1) is 0 Å². The third-order valence-electron chi connectivity index (χ3n) is 3.91. The van der Waals surface area contributed by atoms with E-state index >= 15 is 0 Å². The minimum absolute atomic E-state index is 0.0839. The molecule has 0 radical (unpaired) electrons. The van der Waals surface area contributed by atoms with Gasteiger partial charge in [-0.2, -0.15) is 0 Å². The van der Waals surface area contributed by atoms with Gasteiger partial charge in [0.05, 0.1) is 11.2 Å². The Kier molecular flexibility index (Phi) is 3.63. The molecule has 0 aliphatic carbocycles. The Labute approximate surface area is 144 Å². The lowest BCUT2D eigenvalue weighted by atomic mass is 10.1. The van der Waals surface area contributed by atoms with Crippen molar-refractivity contribution >= 4 is 28.3 Å². The van der Waals surface area contributed by atoms with Crippen molar-refractivity contribution in [3.8, 4) is 5.82 Å². The van der Waals surface area contributed by atoms with Crippen LogP contribution < -0.4 is 0 Å². The molecule has 0 saturated heterocycles. The van der Waals surface area contributed by atoms with Crippen molar-refractivity contribution in [1.29, 1.82) is 0 Å². The minimum atomic E-state index is -0.0839. The maximum absolute atomic E-state index is 13.1. The molecule has 2 heterocycles. The van der Waals surface area contributed by atoms with Crippen LogP contribution in [0.25, 0.3) is 16.7 Å². The van der Waals surface area contributed by atoms with Crippen LogP contribution >= 0.6 is 11.6 Å². The summed E-state index contributed by atoms with van der Waals surface area (Å²) in [7, 11) is 0. The van der Waals surface area contributed by atoms with Crippen LogP contribution in [0.1, 0.15) is 16.1 Å². The molecular formula is C20H13ClN2O. The molecule has 0 atom stereocenters. The third-order valence-corrected chi connectivity index (χ3v) is 4.14. The number of fused-ring (bicyclic) bond motifs is 1. The number of hydrogen-bond acceptors (Lipinski definition) is 2. The molecule has 0 fully saturated rings. The van der Waals surface area contributed by atoms with Crippen molar-refractivity contribution < 1.29 is 4.79 Å². The van der Waals surface area contributed by atoms with Crippen molar-refractivity contribution in [2.75, 3.05) is 0 Å². The summed E-state index contributed by atoms with van der Waals surface area (Å²) >= 11 is 6.04. The van der Waals surface area contributed by atoms with Crippen LogP contribution in [0.15, 0.2) is 79.0 Å². The summed E-state index contributed by atoms with van der Waals surface area (Å²) in [6.07, 6.45) is 1.72. The number of carbonyl (C=O) groups is 1. The van der Waals surface area contributed by atoms with Gasteiger partial charge in [-0.3, -0.25) is 9.36 Å². The van der Waals surface area contributed by atoms with Crippen molar-refractivity contribution in [3.05, 3.63) is 95.3 Å². The zero-order chi connectivity index (χ0) is 16.5. The topological polar surface area (TPSA) is 34.9 Å². The van der Waals surface area contributed by atoms with E-state index in [-0.39, 0.29) is 5.78 Å². The first-order chi connectivity index (χ1) is 11.7. The first-order valence-corrected chi connectivity index (χ1v) is 7.94. The predicted molar refractivity (Wildman–Crippen MR) is 96.0 cm³/mol. The maximum Gasteiger partial charge on any atom is 0.209 e. The highest BCUT2D eigenvalue weighted by atomic mass is 35.5. The molecule has 4 aromatic rings. The minimum Gasteiger partial charge on any atom is -0.290 e. The molecule has 3 nitrogen and oxygen atoms in total. The first kappa shape index (κ1) is 14.7. The number of halogens is 1. The molecule has 116 valence electrons. The van der Waals surface area contributed by atoms with Crippen LogP contribution in [0.5, 0.6) is 0 Å².